The van der Waals surface area contributed by atoms with Crippen LogP contribution < -0.4 is 5.32 Å². The molecule has 0 spiro atoms. The minimum atomic E-state index is -0.394. The van der Waals surface area contributed by atoms with E-state index in [0.717, 1.165) is 17.7 Å². The van der Waals surface area contributed by atoms with Crippen molar-refractivity contribution in [2.24, 2.45) is 5.41 Å². The first kappa shape index (κ1) is 13.2. The molecule has 0 aliphatic rings. The number of benzene rings is 1. The number of nitrogens with zero attached hydrogens (tertiary/aromatic N) is 1. The van der Waals surface area contributed by atoms with Crippen LogP contribution in [0.3, 0.4) is 0 Å². The van der Waals surface area contributed by atoms with Gasteiger partial charge in [0, 0.05) is 11.1 Å². The van der Waals surface area contributed by atoms with Crippen LogP contribution in [0.1, 0.15) is 38.3 Å². The molecule has 90 valence electrons. The van der Waals surface area contributed by atoms with Gasteiger partial charge in [0.15, 0.2) is 0 Å². The lowest BCUT2D eigenvalue weighted by Crippen LogP contribution is -2.30. The Morgan fingerprint density at radius 1 is 1.47 bits per heavy atom. The van der Waals surface area contributed by atoms with Crippen LogP contribution in [0.2, 0.25) is 0 Å². The topological polar surface area (TPSA) is 52.9 Å². The molecule has 0 aromatic heterocycles. The van der Waals surface area contributed by atoms with Crippen molar-refractivity contribution >= 4 is 11.6 Å². The predicted molar refractivity (Wildman–Crippen MR) is 68.6 cm³/mol. The Morgan fingerprint density at radius 2 is 2.12 bits per heavy atom. The van der Waals surface area contributed by atoms with Gasteiger partial charge in [-0.25, -0.2) is 0 Å². The van der Waals surface area contributed by atoms with Gasteiger partial charge in [-0.1, -0.05) is 26.8 Å². The SMILES string of the molecule is CCC(C)(C)C(=O)Nc1cc(C#N)ccc1C. The Morgan fingerprint density at radius 3 is 2.65 bits per heavy atom. The van der Waals surface area contributed by atoms with Crippen molar-refractivity contribution < 1.29 is 4.79 Å². The molecule has 17 heavy (non-hydrogen) atoms. The Balaban J connectivity index is 2.96. The summed E-state index contributed by atoms with van der Waals surface area (Å²) >= 11 is 0. The molecular formula is C14H18N2O. The maximum Gasteiger partial charge on any atom is 0.230 e. The van der Waals surface area contributed by atoms with E-state index in [1.54, 1.807) is 12.1 Å². The Kier molecular flexibility index (Phi) is 3.90. The van der Waals surface area contributed by atoms with Crippen LogP contribution in [0.25, 0.3) is 0 Å². The fourth-order valence-electron chi connectivity index (χ4n) is 1.28. The summed E-state index contributed by atoms with van der Waals surface area (Å²) in [4.78, 5) is 12.0. The lowest BCUT2D eigenvalue weighted by Gasteiger charge is -2.22. The van der Waals surface area contributed by atoms with E-state index in [2.05, 4.69) is 11.4 Å². The molecule has 0 fully saturated rings. The van der Waals surface area contributed by atoms with E-state index in [0.29, 0.717) is 5.56 Å². The molecule has 0 aliphatic carbocycles. The average Bonchev–Trinajstić information content (AvgIpc) is 2.31. The zero-order chi connectivity index (χ0) is 13.1. The number of hydrogen-bond acceptors (Lipinski definition) is 2. The van der Waals surface area contributed by atoms with E-state index in [9.17, 15) is 4.79 Å². The molecule has 0 saturated heterocycles. The standard InChI is InChI=1S/C14H18N2O/c1-5-14(3,4)13(17)16-12-8-11(9-15)7-6-10(12)2/h6-8H,5H2,1-4H3,(H,16,17). The molecule has 0 unspecified atom stereocenters. The highest BCUT2D eigenvalue weighted by atomic mass is 16.2. The summed E-state index contributed by atoms with van der Waals surface area (Å²) < 4.78 is 0. The van der Waals surface area contributed by atoms with E-state index >= 15 is 0 Å². The van der Waals surface area contributed by atoms with Gasteiger partial charge in [-0.2, -0.15) is 5.26 Å². The third-order valence-electron chi connectivity index (χ3n) is 3.11. The van der Waals surface area contributed by atoms with Gasteiger partial charge in [0.1, 0.15) is 0 Å². The van der Waals surface area contributed by atoms with Crippen LogP contribution >= 0.6 is 0 Å². The summed E-state index contributed by atoms with van der Waals surface area (Å²) in [6, 6.07) is 7.36. The van der Waals surface area contributed by atoms with Crippen molar-refractivity contribution in [3.05, 3.63) is 29.3 Å². The predicted octanol–water partition coefficient (Wildman–Crippen LogP) is 3.24. The quantitative estimate of drug-likeness (QED) is 0.866. The van der Waals surface area contributed by atoms with Crippen molar-refractivity contribution in [1.82, 2.24) is 0 Å². The van der Waals surface area contributed by atoms with E-state index in [4.69, 9.17) is 5.26 Å². The number of nitriles is 1. The number of hydrogen-bond donors (Lipinski definition) is 1. The van der Waals surface area contributed by atoms with Gasteiger partial charge < -0.3 is 5.32 Å². The van der Waals surface area contributed by atoms with Crippen LogP contribution in [-0.4, -0.2) is 5.91 Å². The monoisotopic (exact) mass is 230 g/mol. The highest BCUT2D eigenvalue weighted by Crippen LogP contribution is 2.24. The van der Waals surface area contributed by atoms with Gasteiger partial charge in [0.05, 0.1) is 11.6 Å². The van der Waals surface area contributed by atoms with Gasteiger partial charge in [-0.15, -0.1) is 0 Å². The maximum absolute atomic E-state index is 12.0. The lowest BCUT2D eigenvalue weighted by molar-refractivity contribution is -0.124. The first-order valence-electron chi connectivity index (χ1n) is 5.73. The third-order valence-corrected chi connectivity index (χ3v) is 3.11. The van der Waals surface area contributed by atoms with Gasteiger partial charge in [-0.05, 0) is 31.0 Å². The van der Waals surface area contributed by atoms with Crippen LogP contribution in [0.4, 0.5) is 5.69 Å². The Hall–Kier alpha value is -1.82. The number of nitrogens with one attached hydrogen (secondary N) is 1. The molecule has 0 radical (unpaired) electrons. The molecule has 1 aromatic carbocycles. The first-order chi connectivity index (χ1) is 7.90. The fraction of sp³-hybridized carbons (Fsp3) is 0.429. The van der Waals surface area contributed by atoms with E-state index < -0.39 is 5.41 Å². The highest BCUT2D eigenvalue weighted by Gasteiger charge is 2.25. The normalized spacial score (nSPS) is 10.8. The Labute approximate surface area is 102 Å². The van der Waals surface area contributed by atoms with Crippen molar-refractivity contribution in [3.63, 3.8) is 0 Å². The molecule has 0 heterocycles. The van der Waals surface area contributed by atoms with Crippen LogP contribution in [0.15, 0.2) is 18.2 Å². The average molecular weight is 230 g/mol. The van der Waals surface area contributed by atoms with Gasteiger partial charge in [-0.3, -0.25) is 4.79 Å². The second-order valence-corrected chi connectivity index (χ2v) is 4.83. The molecule has 0 atom stereocenters. The third kappa shape index (κ3) is 3.07. The molecular weight excluding hydrogens is 212 g/mol. The molecule has 1 aromatic rings. The molecule has 3 nitrogen and oxygen atoms in total. The summed E-state index contributed by atoms with van der Waals surface area (Å²) in [6.45, 7) is 7.71. The van der Waals surface area contributed by atoms with Crippen molar-refractivity contribution in [2.45, 2.75) is 34.1 Å². The van der Waals surface area contributed by atoms with Crippen molar-refractivity contribution in [1.29, 1.82) is 5.26 Å². The molecule has 0 bridgehead atoms. The van der Waals surface area contributed by atoms with Crippen molar-refractivity contribution in [2.75, 3.05) is 5.32 Å². The van der Waals surface area contributed by atoms with E-state index in [1.165, 1.54) is 0 Å². The number of carbonyl (C=O) groups excluding carboxylic acids is 1. The van der Waals surface area contributed by atoms with E-state index in [-0.39, 0.29) is 5.91 Å². The number of amides is 1. The minimum absolute atomic E-state index is 0.0156. The number of carbonyl (C=O) groups is 1. The summed E-state index contributed by atoms with van der Waals surface area (Å²) in [5.41, 5.74) is 1.84. The molecule has 1 amide bonds. The minimum Gasteiger partial charge on any atom is -0.325 e. The van der Waals surface area contributed by atoms with Gasteiger partial charge >= 0.3 is 0 Å². The molecule has 1 N–H and O–H groups in total. The zero-order valence-corrected chi connectivity index (χ0v) is 10.8. The van der Waals surface area contributed by atoms with E-state index in [1.807, 2.05) is 33.8 Å². The second kappa shape index (κ2) is 5.01. The number of rotatable bonds is 3. The second-order valence-electron chi connectivity index (χ2n) is 4.83. The summed E-state index contributed by atoms with van der Waals surface area (Å²) in [5, 5.41) is 11.7. The van der Waals surface area contributed by atoms with Crippen molar-refractivity contribution in [3.8, 4) is 6.07 Å². The first-order valence-corrected chi connectivity index (χ1v) is 5.73. The molecule has 0 aliphatic heterocycles. The molecule has 1 rings (SSSR count). The fourth-order valence-corrected chi connectivity index (χ4v) is 1.28. The summed E-state index contributed by atoms with van der Waals surface area (Å²) in [5.74, 6) is -0.0156. The summed E-state index contributed by atoms with van der Waals surface area (Å²) in [7, 11) is 0. The largest absolute Gasteiger partial charge is 0.325 e. The van der Waals surface area contributed by atoms with Crippen LogP contribution in [-0.2, 0) is 4.79 Å². The number of aryl methyl sites for hydroxylation is 1. The van der Waals surface area contributed by atoms with Gasteiger partial charge in [0.2, 0.25) is 5.91 Å². The lowest BCUT2D eigenvalue weighted by atomic mass is 9.89. The molecule has 0 saturated carbocycles. The number of anilines is 1. The van der Waals surface area contributed by atoms with Crippen LogP contribution in [0.5, 0.6) is 0 Å². The smallest absolute Gasteiger partial charge is 0.230 e. The highest BCUT2D eigenvalue weighted by molar-refractivity contribution is 5.95. The maximum atomic E-state index is 12.0. The van der Waals surface area contributed by atoms with Crippen LogP contribution in [0, 0.1) is 23.7 Å². The summed E-state index contributed by atoms with van der Waals surface area (Å²) in [6.07, 6.45) is 0.774. The zero-order valence-electron chi connectivity index (χ0n) is 10.8. The Bertz CT molecular complexity index is 470. The van der Waals surface area contributed by atoms with Gasteiger partial charge in [0.25, 0.3) is 0 Å². The molecule has 3 heteroatoms.